The van der Waals surface area contributed by atoms with Crippen molar-refractivity contribution in [3.05, 3.63) is 29.8 Å². The predicted molar refractivity (Wildman–Crippen MR) is 79.7 cm³/mol. The van der Waals surface area contributed by atoms with E-state index < -0.39 is 6.10 Å². The van der Waals surface area contributed by atoms with Gasteiger partial charge >= 0.3 is 0 Å². The third kappa shape index (κ3) is 3.97. The Balaban J connectivity index is 1.94. The van der Waals surface area contributed by atoms with Crippen LogP contribution < -0.4 is 10.5 Å². The molecular formula is C16H24N2O2. The number of piperidine rings is 1. The number of carbonyl (C=O) groups is 1. The Kier molecular flexibility index (Phi) is 5.41. The largest absolute Gasteiger partial charge is 0.481 e. The van der Waals surface area contributed by atoms with Crippen molar-refractivity contribution < 1.29 is 9.53 Å². The maximum Gasteiger partial charge on any atom is 0.263 e. The van der Waals surface area contributed by atoms with Gasteiger partial charge in [0.2, 0.25) is 0 Å². The van der Waals surface area contributed by atoms with Gasteiger partial charge in [-0.3, -0.25) is 4.79 Å². The summed E-state index contributed by atoms with van der Waals surface area (Å²) in [5.41, 5.74) is 6.70. The molecular weight excluding hydrogens is 252 g/mol. The van der Waals surface area contributed by atoms with Gasteiger partial charge in [0.1, 0.15) is 5.75 Å². The summed E-state index contributed by atoms with van der Waals surface area (Å²) in [6.07, 6.45) is 3.82. The lowest BCUT2D eigenvalue weighted by Crippen LogP contribution is -2.43. The first-order valence-corrected chi connectivity index (χ1v) is 7.45. The second-order valence-corrected chi connectivity index (χ2v) is 5.33. The van der Waals surface area contributed by atoms with Crippen LogP contribution in [0.4, 0.5) is 0 Å². The van der Waals surface area contributed by atoms with Crippen LogP contribution in [0.3, 0.4) is 0 Å². The predicted octanol–water partition coefficient (Wildman–Crippen LogP) is 1.97. The van der Waals surface area contributed by atoms with Crippen molar-refractivity contribution in [2.75, 3.05) is 19.6 Å². The van der Waals surface area contributed by atoms with E-state index in [9.17, 15) is 4.79 Å². The highest BCUT2D eigenvalue weighted by Crippen LogP contribution is 2.17. The molecule has 1 amide bonds. The van der Waals surface area contributed by atoms with Gasteiger partial charge in [-0.05, 0) is 56.8 Å². The second-order valence-electron chi connectivity index (χ2n) is 5.33. The Morgan fingerprint density at radius 2 is 2.10 bits per heavy atom. The van der Waals surface area contributed by atoms with Gasteiger partial charge in [0, 0.05) is 13.1 Å². The van der Waals surface area contributed by atoms with Gasteiger partial charge in [-0.1, -0.05) is 12.1 Å². The molecule has 0 saturated carbocycles. The number of likely N-dealkylation sites (tertiary alicyclic amines) is 1. The van der Waals surface area contributed by atoms with Gasteiger partial charge in [0.15, 0.2) is 6.10 Å². The fraction of sp³-hybridized carbons (Fsp3) is 0.562. The molecule has 1 fully saturated rings. The Morgan fingerprint density at radius 1 is 1.35 bits per heavy atom. The summed E-state index contributed by atoms with van der Waals surface area (Å²) in [5, 5.41) is 0. The molecule has 1 aromatic rings. The highest BCUT2D eigenvalue weighted by atomic mass is 16.5. The van der Waals surface area contributed by atoms with E-state index in [1.165, 1.54) is 6.42 Å². The van der Waals surface area contributed by atoms with Crippen LogP contribution in [0.1, 0.15) is 31.7 Å². The molecule has 4 nitrogen and oxygen atoms in total. The van der Waals surface area contributed by atoms with E-state index in [4.69, 9.17) is 10.5 Å². The molecule has 1 aliphatic rings. The van der Waals surface area contributed by atoms with Gasteiger partial charge in [0.05, 0.1) is 0 Å². The average molecular weight is 276 g/mol. The Morgan fingerprint density at radius 3 is 2.80 bits per heavy atom. The van der Waals surface area contributed by atoms with E-state index in [-0.39, 0.29) is 5.91 Å². The molecule has 110 valence electrons. The standard InChI is InChI=1S/C16H24N2O2/c1-13(16(19)18-10-3-2-4-11-18)20-15-7-5-6-14(12-15)8-9-17/h5-7,12-13H,2-4,8-11,17H2,1H3. The van der Waals surface area contributed by atoms with Crippen molar-refractivity contribution in [2.45, 2.75) is 38.7 Å². The van der Waals surface area contributed by atoms with Crippen molar-refractivity contribution >= 4 is 5.91 Å². The zero-order valence-corrected chi connectivity index (χ0v) is 12.2. The van der Waals surface area contributed by atoms with Crippen molar-refractivity contribution in [3.63, 3.8) is 0 Å². The zero-order chi connectivity index (χ0) is 14.4. The summed E-state index contributed by atoms with van der Waals surface area (Å²) in [4.78, 5) is 14.2. The summed E-state index contributed by atoms with van der Waals surface area (Å²) < 4.78 is 5.78. The Bertz CT molecular complexity index is 442. The molecule has 0 aliphatic carbocycles. The first-order valence-electron chi connectivity index (χ1n) is 7.45. The molecule has 1 saturated heterocycles. The first kappa shape index (κ1) is 14.9. The summed E-state index contributed by atoms with van der Waals surface area (Å²) in [5.74, 6) is 0.836. The maximum atomic E-state index is 12.3. The number of nitrogens with two attached hydrogens (primary N) is 1. The van der Waals surface area contributed by atoms with E-state index in [1.807, 2.05) is 36.1 Å². The van der Waals surface area contributed by atoms with Crippen molar-refractivity contribution in [1.82, 2.24) is 4.90 Å². The molecule has 0 aromatic heterocycles. The highest BCUT2D eigenvalue weighted by molar-refractivity contribution is 5.81. The third-order valence-electron chi connectivity index (χ3n) is 3.66. The molecule has 1 aromatic carbocycles. The minimum Gasteiger partial charge on any atom is -0.481 e. The van der Waals surface area contributed by atoms with Crippen LogP contribution >= 0.6 is 0 Å². The fourth-order valence-electron chi connectivity index (χ4n) is 2.57. The Hall–Kier alpha value is -1.55. The zero-order valence-electron chi connectivity index (χ0n) is 12.2. The topological polar surface area (TPSA) is 55.6 Å². The van der Waals surface area contributed by atoms with E-state index >= 15 is 0 Å². The van der Waals surface area contributed by atoms with Crippen LogP contribution in [-0.2, 0) is 11.2 Å². The maximum absolute atomic E-state index is 12.3. The normalized spacial score (nSPS) is 16.8. The Labute approximate surface area is 120 Å². The average Bonchev–Trinajstić information content (AvgIpc) is 2.48. The van der Waals surface area contributed by atoms with Crippen molar-refractivity contribution in [1.29, 1.82) is 0 Å². The van der Waals surface area contributed by atoms with Gasteiger partial charge in [-0.2, -0.15) is 0 Å². The molecule has 1 heterocycles. The van der Waals surface area contributed by atoms with Crippen LogP contribution in [0.25, 0.3) is 0 Å². The molecule has 1 aliphatic heterocycles. The molecule has 0 bridgehead atoms. The van der Waals surface area contributed by atoms with Gasteiger partial charge < -0.3 is 15.4 Å². The van der Waals surface area contributed by atoms with Crippen molar-refractivity contribution in [2.24, 2.45) is 5.73 Å². The minimum absolute atomic E-state index is 0.0916. The fourth-order valence-corrected chi connectivity index (χ4v) is 2.57. The lowest BCUT2D eigenvalue weighted by Gasteiger charge is -2.29. The highest BCUT2D eigenvalue weighted by Gasteiger charge is 2.23. The van der Waals surface area contributed by atoms with Crippen LogP contribution in [0.2, 0.25) is 0 Å². The molecule has 2 rings (SSSR count). The van der Waals surface area contributed by atoms with Crippen LogP contribution in [0, 0.1) is 0 Å². The molecule has 4 heteroatoms. The van der Waals surface area contributed by atoms with E-state index in [2.05, 4.69) is 0 Å². The van der Waals surface area contributed by atoms with Gasteiger partial charge in [-0.25, -0.2) is 0 Å². The van der Waals surface area contributed by atoms with Crippen LogP contribution in [-0.4, -0.2) is 36.5 Å². The van der Waals surface area contributed by atoms with Crippen LogP contribution in [0.15, 0.2) is 24.3 Å². The number of carbonyl (C=O) groups excluding carboxylic acids is 1. The summed E-state index contributed by atoms with van der Waals surface area (Å²) in [7, 11) is 0. The first-order chi connectivity index (χ1) is 9.70. The number of rotatable bonds is 5. The SMILES string of the molecule is CC(Oc1cccc(CCN)c1)C(=O)N1CCCCC1. The minimum atomic E-state index is -0.429. The smallest absolute Gasteiger partial charge is 0.263 e. The molecule has 2 N–H and O–H groups in total. The monoisotopic (exact) mass is 276 g/mol. The number of hydrogen-bond acceptors (Lipinski definition) is 3. The van der Waals surface area contributed by atoms with Crippen molar-refractivity contribution in [3.8, 4) is 5.75 Å². The molecule has 20 heavy (non-hydrogen) atoms. The molecule has 0 spiro atoms. The lowest BCUT2D eigenvalue weighted by atomic mass is 10.1. The van der Waals surface area contributed by atoms with E-state index in [0.717, 1.165) is 43.7 Å². The van der Waals surface area contributed by atoms with Crippen LogP contribution in [0.5, 0.6) is 5.75 Å². The second kappa shape index (κ2) is 7.29. The van der Waals surface area contributed by atoms with E-state index in [1.54, 1.807) is 0 Å². The molecule has 1 unspecified atom stereocenters. The number of amides is 1. The molecule has 0 radical (unpaired) electrons. The lowest BCUT2D eigenvalue weighted by molar-refractivity contribution is -0.138. The van der Waals surface area contributed by atoms with Gasteiger partial charge in [-0.15, -0.1) is 0 Å². The summed E-state index contributed by atoms with van der Waals surface area (Å²) in [6.45, 7) is 4.16. The van der Waals surface area contributed by atoms with Gasteiger partial charge in [0.25, 0.3) is 5.91 Å². The quantitative estimate of drug-likeness (QED) is 0.894. The number of ether oxygens (including phenoxy) is 1. The number of hydrogen-bond donors (Lipinski definition) is 1. The number of benzene rings is 1. The van der Waals surface area contributed by atoms with E-state index in [0.29, 0.717) is 6.54 Å². The molecule has 1 atom stereocenters. The number of nitrogens with zero attached hydrogens (tertiary/aromatic N) is 1. The summed E-state index contributed by atoms with van der Waals surface area (Å²) in [6, 6.07) is 7.82. The third-order valence-corrected chi connectivity index (χ3v) is 3.66. The summed E-state index contributed by atoms with van der Waals surface area (Å²) >= 11 is 0.